The van der Waals surface area contributed by atoms with Gasteiger partial charge in [-0.15, -0.1) is 0 Å². The number of ether oxygens (including phenoxy) is 3. The number of nitrogens with one attached hydrogen (secondary N) is 1. The van der Waals surface area contributed by atoms with Crippen molar-refractivity contribution in [3.63, 3.8) is 0 Å². The molecular formula is C18H31N3O3. The second-order valence-electron chi connectivity index (χ2n) is 7.64. The van der Waals surface area contributed by atoms with Crippen LogP contribution < -0.4 is 5.32 Å². The molecule has 0 aromatic rings. The summed E-state index contributed by atoms with van der Waals surface area (Å²) in [5, 5.41) is 3.85. The molecule has 2 saturated carbocycles. The van der Waals surface area contributed by atoms with Crippen molar-refractivity contribution < 1.29 is 14.2 Å². The summed E-state index contributed by atoms with van der Waals surface area (Å²) in [6.45, 7) is 6.98. The molecule has 4 aliphatic rings. The number of guanidine groups is 1. The van der Waals surface area contributed by atoms with Crippen molar-refractivity contribution >= 4 is 5.96 Å². The second kappa shape index (κ2) is 6.81. The van der Waals surface area contributed by atoms with E-state index in [1.54, 1.807) is 7.11 Å². The molecule has 1 N–H and O–H groups in total. The summed E-state index contributed by atoms with van der Waals surface area (Å²) in [5.74, 6) is 1.73. The number of hydrogen-bond donors (Lipinski definition) is 1. The third kappa shape index (κ3) is 2.63. The number of aliphatic imine (C=N–C) groups is 1. The maximum absolute atomic E-state index is 6.05. The van der Waals surface area contributed by atoms with Gasteiger partial charge < -0.3 is 24.4 Å². The molecule has 4 atom stereocenters. The van der Waals surface area contributed by atoms with Crippen molar-refractivity contribution in [1.29, 1.82) is 0 Å². The van der Waals surface area contributed by atoms with Gasteiger partial charge in [-0.1, -0.05) is 6.42 Å². The maximum atomic E-state index is 6.05. The van der Waals surface area contributed by atoms with Crippen LogP contribution in [0.15, 0.2) is 4.99 Å². The highest BCUT2D eigenvalue weighted by Gasteiger charge is 2.66. The van der Waals surface area contributed by atoms with Crippen LogP contribution in [0.3, 0.4) is 0 Å². The van der Waals surface area contributed by atoms with Gasteiger partial charge in [0, 0.05) is 50.7 Å². The van der Waals surface area contributed by atoms with Crippen molar-refractivity contribution in [2.45, 2.75) is 50.9 Å². The van der Waals surface area contributed by atoms with E-state index in [1.807, 2.05) is 0 Å². The molecule has 2 aliphatic heterocycles. The molecule has 0 bridgehead atoms. The van der Waals surface area contributed by atoms with Crippen LogP contribution in [0.5, 0.6) is 0 Å². The minimum Gasteiger partial charge on any atom is -0.382 e. The fourth-order valence-electron chi connectivity index (χ4n) is 5.18. The Bertz CT molecular complexity index is 478. The summed E-state index contributed by atoms with van der Waals surface area (Å²) in [7, 11) is 1.73. The van der Waals surface area contributed by atoms with E-state index < -0.39 is 0 Å². The molecule has 6 nitrogen and oxygen atoms in total. The van der Waals surface area contributed by atoms with Crippen LogP contribution in [0.1, 0.15) is 32.6 Å². The predicted molar refractivity (Wildman–Crippen MR) is 92.2 cm³/mol. The predicted octanol–water partition coefficient (Wildman–Crippen LogP) is 1.26. The molecule has 1 spiro atoms. The van der Waals surface area contributed by atoms with Gasteiger partial charge in [0.25, 0.3) is 0 Å². The highest BCUT2D eigenvalue weighted by Crippen LogP contribution is 2.62. The van der Waals surface area contributed by atoms with Crippen LogP contribution in [0.4, 0.5) is 0 Å². The Hall–Kier alpha value is -0.850. The summed E-state index contributed by atoms with van der Waals surface area (Å²) in [6, 6.07) is 0.535. The molecule has 4 rings (SSSR count). The Morgan fingerprint density at radius 1 is 1.33 bits per heavy atom. The van der Waals surface area contributed by atoms with Crippen LogP contribution in [0.2, 0.25) is 0 Å². The molecule has 0 aromatic heterocycles. The van der Waals surface area contributed by atoms with Gasteiger partial charge in [0.1, 0.15) is 0 Å². The standard InChI is InChI=1S/C18H31N3O3/c1-3-19-17(21-8-10-23-13(11-21)12-22-2)20-15-14-5-9-24-16(14)18(15)6-4-7-18/h13-16H,3-12H2,1-2H3,(H,19,20). The van der Waals surface area contributed by atoms with Crippen molar-refractivity contribution in [2.24, 2.45) is 16.3 Å². The Labute approximate surface area is 144 Å². The average Bonchev–Trinajstić information content (AvgIpc) is 2.95. The lowest BCUT2D eigenvalue weighted by Gasteiger charge is -2.63. The summed E-state index contributed by atoms with van der Waals surface area (Å²) in [4.78, 5) is 7.15. The smallest absolute Gasteiger partial charge is 0.194 e. The van der Waals surface area contributed by atoms with Gasteiger partial charge in [0.05, 0.1) is 25.4 Å². The summed E-state index contributed by atoms with van der Waals surface area (Å²) >= 11 is 0. The van der Waals surface area contributed by atoms with Gasteiger partial charge in [-0.3, -0.25) is 4.99 Å². The van der Waals surface area contributed by atoms with Gasteiger partial charge in [0.2, 0.25) is 0 Å². The van der Waals surface area contributed by atoms with Gasteiger partial charge in [-0.2, -0.15) is 0 Å². The zero-order valence-corrected chi connectivity index (χ0v) is 15.0. The summed E-state index contributed by atoms with van der Waals surface area (Å²) < 4.78 is 17.1. The quantitative estimate of drug-likeness (QED) is 0.618. The average molecular weight is 337 g/mol. The maximum Gasteiger partial charge on any atom is 0.194 e. The third-order valence-electron chi connectivity index (χ3n) is 6.42. The number of rotatable bonds is 4. The molecular weight excluding hydrogens is 306 g/mol. The molecule has 0 radical (unpaired) electrons. The molecule has 4 unspecified atom stereocenters. The Morgan fingerprint density at radius 3 is 2.92 bits per heavy atom. The molecule has 2 saturated heterocycles. The van der Waals surface area contributed by atoms with E-state index in [-0.39, 0.29) is 6.10 Å². The largest absolute Gasteiger partial charge is 0.382 e. The molecule has 24 heavy (non-hydrogen) atoms. The zero-order chi connectivity index (χ0) is 16.6. The summed E-state index contributed by atoms with van der Waals surface area (Å²) in [6.07, 6.45) is 5.78. The highest BCUT2D eigenvalue weighted by atomic mass is 16.5. The molecule has 0 aromatic carbocycles. The highest BCUT2D eigenvalue weighted by molar-refractivity contribution is 5.81. The van der Waals surface area contributed by atoms with Gasteiger partial charge in [0.15, 0.2) is 5.96 Å². The second-order valence-corrected chi connectivity index (χ2v) is 7.64. The van der Waals surface area contributed by atoms with Gasteiger partial charge in [-0.05, 0) is 26.2 Å². The monoisotopic (exact) mass is 337 g/mol. The van der Waals surface area contributed by atoms with E-state index in [9.17, 15) is 0 Å². The fraction of sp³-hybridized carbons (Fsp3) is 0.944. The van der Waals surface area contributed by atoms with Crippen LogP contribution in [0.25, 0.3) is 0 Å². The number of hydrogen-bond acceptors (Lipinski definition) is 4. The van der Waals surface area contributed by atoms with Crippen LogP contribution in [-0.2, 0) is 14.2 Å². The van der Waals surface area contributed by atoms with E-state index in [2.05, 4.69) is 17.1 Å². The van der Waals surface area contributed by atoms with Gasteiger partial charge in [-0.25, -0.2) is 0 Å². The number of morpholine rings is 1. The number of nitrogens with zero attached hydrogens (tertiary/aromatic N) is 2. The minimum absolute atomic E-state index is 0.134. The minimum atomic E-state index is 0.134. The summed E-state index contributed by atoms with van der Waals surface area (Å²) in [5.41, 5.74) is 0.383. The van der Waals surface area contributed by atoms with Crippen LogP contribution in [0, 0.1) is 11.3 Å². The topological polar surface area (TPSA) is 55.3 Å². The molecule has 136 valence electrons. The molecule has 0 amide bonds. The van der Waals surface area contributed by atoms with E-state index in [0.29, 0.717) is 30.1 Å². The van der Waals surface area contributed by atoms with Crippen LogP contribution >= 0.6 is 0 Å². The van der Waals surface area contributed by atoms with E-state index >= 15 is 0 Å². The normalized spacial score (nSPS) is 37.8. The van der Waals surface area contributed by atoms with Crippen molar-refractivity contribution in [3.8, 4) is 0 Å². The lowest BCUT2D eigenvalue weighted by molar-refractivity contribution is -0.171. The van der Waals surface area contributed by atoms with E-state index in [0.717, 1.165) is 38.8 Å². The SMILES string of the molecule is CCN=C(NC1C2CCOC2C12CCC2)N1CCOC(COC)C1. The first-order valence-electron chi connectivity index (χ1n) is 9.56. The van der Waals surface area contributed by atoms with E-state index in [4.69, 9.17) is 19.2 Å². The first-order chi connectivity index (χ1) is 11.8. The van der Waals surface area contributed by atoms with Crippen LogP contribution in [-0.4, -0.2) is 75.7 Å². The van der Waals surface area contributed by atoms with Gasteiger partial charge >= 0.3 is 0 Å². The molecule has 2 aliphatic carbocycles. The van der Waals surface area contributed by atoms with E-state index in [1.165, 1.54) is 25.7 Å². The number of fused-ring (bicyclic) bond motifs is 2. The first kappa shape index (κ1) is 16.6. The van der Waals surface area contributed by atoms with Crippen molar-refractivity contribution in [2.75, 3.05) is 46.6 Å². The lowest BCUT2D eigenvalue weighted by atomic mass is 9.46. The number of methoxy groups -OCH3 is 1. The van der Waals surface area contributed by atoms with Crippen molar-refractivity contribution in [3.05, 3.63) is 0 Å². The lowest BCUT2D eigenvalue weighted by Crippen LogP contribution is -2.73. The molecule has 6 heteroatoms. The molecule has 4 fully saturated rings. The fourth-order valence-corrected chi connectivity index (χ4v) is 5.18. The van der Waals surface area contributed by atoms with Crippen molar-refractivity contribution in [1.82, 2.24) is 10.2 Å². The Balaban J connectivity index is 1.45. The third-order valence-corrected chi connectivity index (χ3v) is 6.42. The molecule has 2 heterocycles. The Kier molecular flexibility index (Phi) is 4.71. The zero-order valence-electron chi connectivity index (χ0n) is 15.0. The first-order valence-corrected chi connectivity index (χ1v) is 9.56. The Morgan fingerprint density at radius 2 is 2.21 bits per heavy atom.